The smallest absolute Gasteiger partial charge is 0.149 e. The summed E-state index contributed by atoms with van der Waals surface area (Å²) in [6, 6.07) is 0. The van der Waals surface area contributed by atoms with Gasteiger partial charge in [0.2, 0.25) is 0 Å². The van der Waals surface area contributed by atoms with E-state index in [1.807, 2.05) is 6.92 Å². The van der Waals surface area contributed by atoms with Crippen LogP contribution >= 0.6 is 11.6 Å². The van der Waals surface area contributed by atoms with Crippen molar-refractivity contribution in [1.29, 1.82) is 0 Å². The monoisotopic (exact) mass is 214 g/mol. The fourth-order valence-electron chi connectivity index (χ4n) is 1.32. The second-order valence-corrected chi connectivity index (χ2v) is 3.42. The molecule has 0 aliphatic carbocycles. The third-order valence-electron chi connectivity index (χ3n) is 2.04. The van der Waals surface area contributed by atoms with Crippen molar-refractivity contribution >= 4 is 24.2 Å². The molecule has 0 spiro atoms. The summed E-state index contributed by atoms with van der Waals surface area (Å²) in [6.45, 7) is 9.20. The molecule has 0 radical (unpaired) electrons. The van der Waals surface area contributed by atoms with E-state index in [1.54, 1.807) is 0 Å². The lowest BCUT2D eigenvalue weighted by Crippen LogP contribution is -2.45. The van der Waals surface area contributed by atoms with E-state index in [0.29, 0.717) is 5.16 Å². The molecule has 1 fully saturated rings. The molecule has 1 heterocycles. The van der Waals surface area contributed by atoms with Gasteiger partial charge in [-0.25, -0.2) is 4.99 Å². The summed E-state index contributed by atoms with van der Waals surface area (Å²) in [5, 5.41) is 3.65. The van der Waals surface area contributed by atoms with E-state index in [4.69, 9.17) is 11.6 Å². The molecule has 4 nitrogen and oxygen atoms in total. The van der Waals surface area contributed by atoms with Crippen LogP contribution in [0.5, 0.6) is 0 Å². The van der Waals surface area contributed by atoms with Crippen molar-refractivity contribution in [3.63, 3.8) is 0 Å². The summed E-state index contributed by atoms with van der Waals surface area (Å²) in [7, 11) is 0. The summed E-state index contributed by atoms with van der Waals surface area (Å²) in [5.74, 6) is 0.927. The van der Waals surface area contributed by atoms with Gasteiger partial charge in [0.05, 0.1) is 6.20 Å². The van der Waals surface area contributed by atoms with E-state index in [2.05, 4.69) is 26.9 Å². The minimum Gasteiger partial charge on any atom is -0.358 e. The van der Waals surface area contributed by atoms with Crippen molar-refractivity contribution in [3.05, 3.63) is 11.4 Å². The van der Waals surface area contributed by atoms with Gasteiger partial charge in [0.25, 0.3) is 0 Å². The molecule has 1 saturated heterocycles. The summed E-state index contributed by atoms with van der Waals surface area (Å²) in [4.78, 5) is 9.94. The maximum absolute atomic E-state index is 5.79. The molecule has 0 bridgehead atoms. The van der Waals surface area contributed by atoms with Crippen molar-refractivity contribution < 1.29 is 0 Å². The molecule has 0 atom stereocenters. The molecular formula is C9H15ClN4. The van der Waals surface area contributed by atoms with Crippen LogP contribution in [0, 0.1) is 0 Å². The van der Waals surface area contributed by atoms with Crippen LogP contribution in [0.1, 0.15) is 6.92 Å². The lowest BCUT2D eigenvalue weighted by Gasteiger charge is -2.28. The van der Waals surface area contributed by atoms with Gasteiger partial charge >= 0.3 is 0 Å². The van der Waals surface area contributed by atoms with E-state index in [0.717, 1.165) is 32.0 Å². The third-order valence-corrected chi connectivity index (χ3v) is 2.22. The first kappa shape index (κ1) is 11.2. The van der Waals surface area contributed by atoms with Gasteiger partial charge in [0, 0.05) is 26.2 Å². The van der Waals surface area contributed by atoms with E-state index >= 15 is 0 Å². The first-order chi connectivity index (χ1) is 6.74. The molecule has 14 heavy (non-hydrogen) atoms. The number of nitrogens with zero attached hydrogens (tertiary/aromatic N) is 3. The number of amidine groups is 1. The van der Waals surface area contributed by atoms with Gasteiger partial charge in [-0.15, -0.1) is 0 Å². The molecule has 0 unspecified atom stereocenters. The van der Waals surface area contributed by atoms with Crippen LogP contribution in [0.2, 0.25) is 0 Å². The largest absolute Gasteiger partial charge is 0.358 e. The molecule has 1 aliphatic rings. The van der Waals surface area contributed by atoms with Crippen LogP contribution in [-0.4, -0.2) is 43.6 Å². The summed E-state index contributed by atoms with van der Waals surface area (Å²) in [5.41, 5.74) is 0. The predicted molar refractivity (Wildman–Crippen MR) is 61.0 cm³/mol. The summed E-state index contributed by atoms with van der Waals surface area (Å²) >= 11 is 5.79. The Labute approximate surface area is 89.4 Å². The highest BCUT2D eigenvalue weighted by Gasteiger charge is 2.10. The van der Waals surface area contributed by atoms with Crippen molar-refractivity contribution in [2.45, 2.75) is 6.92 Å². The average molecular weight is 215 g/mol. The fraction of sp³-hybridized carbons (Fsp3) is 0.556. The number of nitrogens with one attached hydrogen (secondary N) is 1. The van der Waals surface area contributed by atoms with Crippen LogP contribution in [0.3, 0.4) is 0 Å². The number of hydrogen-bond donors (Lipinski definition) is 1. The van der Waals surface area contributed by atoms with Crippen LogP contribution in [-0.2, 0) is 0 Å². The minimum absolute atomic E-state index is 0.371. The quantitative estimate of drug-likeness (QED) is 0.424. The second-order valence-electron chi connectivity index (χ2n) is 3.03. The summed E-state index contributed by atoms with van der Waals surface area (Å²) < 4.78 is 0. The standard InChI is InChI=1S/C9H15ClN4/c1-8(13-9(10)7-11-2)14-5-3-12-4-6-14/h7,12H,2-6H2,1H3/b9-7-,13-8+. The van der Waals surface area contributed by atoms with E-state index in [-0.39, 0.29) is 0 Å². The fourth-order valence-corrected chi connectivity index (χ4v) is 1.51. The van der Waals surface area contributed by atoms with Crippen molar-refractivity contribution in [2.24, 2.45) is 9.98 Å². The van der Waals surface area contributed by atoms with Crippen molar-refractivity contribution in [3.8, 4) is 0 Å². The van der Waals surface area contributed by atoms with Crippen LogP contribution in [0.15, 0.2) is 21.3 Å². The Morgan fingerprint density at radius 1 is 1.50 bits per heavy atom. The average Bonchev–Trinajstić information content (AvgIpc) is 2.19. The zero-order valence-corrected chi connectivity index (χ0v) is 9.09. The molecule has 5 heteroatoms. The number of piperazine rings is 1. The van der Waals surface area contributed by atoms with Crippen molar-refractivity contribution in [2.75, 3.05) is 26.2 Å². The highest BCUT2D eigenvalue weighted by atomic mass is 35.5. The van der Waals surface area contributed by atoms with Crippen LogP contribution in [0.4, 0.5) is 0 Å². The Balaban J connectivity index is 2.57. The number of hydrogen-bond acceptors (Lipinski definition) is 3. The van der Waals surface area contributed by atoms with Gasteiger partial charge < -0.3 is 10.2 Å². The zero-order valence-electron chi connectivity index (χ0n) is 8.33. The molecule has 0 saturated carbocycles. The SMILES string of the molecule is C=N/C=C(Cl)\N=C(/C)N1CCNCC1. The minimum atomic E-state index is 0.371. The van der Waals surface area contributed by atoms with Gasteiger partial charge in [-0.3, -0.25) is 4.99 Å². The van der Waals surface area contributed by atoms with Crippen LogP contribution < -0.4 is 5.32 Å². The highest BCUT2D eigenvalue weighted by Crippen LogP contribution is 2.05. The van der Waals surface area contributed by atoms with Gasteiger partial charge in [-0.2, -0.15) is 0 Å². The second kappa shape index (κ2) is 5.78. The van der Waals surface area contributed by atoms with Crippen molar-refractivity contribution in [1.82, 2.24) is 10.2 Å². The topological polar surface area (TPSA) is 40.0 Å². The Bertz CT molecular complexity index is 254. The molecule has 0 aromatic heterocycles. The lowest BCUT2D eigenvalue weighted by atomic mass is 10.3. The Morgan fingerprint density at radius 3 is 2.71 bits per heavy atom. The molecule has 78 valence electrons. The van der Waals surface area contributed by atoms with Gasteiger partial charge in [-0.05, 0) is 13.6 Å². The number of aliphatic imine (C=N–C) groups is 2. The first-order valence-corrected chi connectivity index (χ1v) is 4.94. The molecule has 1 rings (SSSR count). The summed E-state index contributed by atoms with van der Waals surface area (Å²) in [6.07, 6.45) is 1.44. The maximum Gasteiger partial charge on any atom is 0.149 e. The highest BCUT2D eigenvalue weighted by molar-refractivity contribution is 6.30. The molecule has 1 N–H and O–H groups in total. The predicted octanol–water partition coefficient (Wildman–Crippen LogP) is 1.05. The van der Waals surface area contributed by atoms with Crippen LogP contribution in [0.25, 0.3) is 0 Å². The van der Waals surface area contributed by atoms with Gasteiger partial charge in [0.15, 0.2) is 0 Å². The van der Waals surface area contributed by atoms with E-state index < -0.39 is 0 Å². The van der Waals surface area contributed by atoms with Gasteiger partial charge in [0.1, 0.15) is 11.0 Å². The Hall–Kier alpha value is -0.870. The van der Waals surface area contributed by atoms with E-state index in [9.17, 15) is 0 Å². The molecule has 0 aromatic carbocycles. The zero-order chi connectivity index (χ0) is 10.4. The molecule has 0 amide bonds. The molecule has 0 aromatic rings. The van der Waals surface area contributed by atoms with E-state index in [1.165, 1.54) is 6.20 Å². The number of halogens is 1. The Kier molecular flexibility index (Phi) is 4.62. The molecular weight excluding hydrogens is 200 g/mol. The normalized spacial score (nSPS) is 19.7. The maximum atomic E-state index is 5.79. The third kappa shape index (κ3) is 3.47. The number of rotatable bonds is 2. The van der Waals surface area contributed by atoms with Gasteiger partial charge in [-0.1, -0.05) is 11.6 Å². The first-order valence-electron chi connectivity index (χ1n) is 4.56. The Morgan fingerprint density at radius 2 is 2.14 bits per heavy atom. The lowest BCUT2D eigenvalue weighted by molar-refractivity contribution is 0.355. The molecule has 1 aliphatic heterocycles.